The summed E-state index contributed by atoms with van der Waals surface area (Å²) >= 11 is 0. The number of benzene rings is 8. The molecule has 0 amide bonds. The van der Waals surface area contributed by atoms with Crippen LogP contribution in [0, 0.1) is 0 Å². The van der Waals surface area contributed by atoms with Crippen LogP contribution in [0.4, 0.5) is 0 Å². The Morgan fingerprint density at radius 2 is 1.30 bits per heavy atom. The largest absolute Gasteiger partial charge is 0.456 e. The summed E-state index contributed by atoms with van der Waals surface area (Å²) in [6.45, 7) is 4.44. The molecule has 0 N–H and O–H groups in total. The van der Waals surface area contributed by atoms with Gasteiger partial charge in [0.15, 0.2) is 11.7 Å². The van der Waals surface area contributed by atoms with E-state index < -0.39 is 0 Å². The topological polar surface area (TPSA) is 50.2 Å². The van der Waals surface area contributed by atoms with Crippen molar-refractivity contribution in [3.05, 3.63) is 186 Å². The van der Waals surface area contributed by atoms with Crippen LogP contribution >= 0.6 is 0 Å². The molecule has 4 nitrogen and oxygen atoms in total. The minimum absolute atomic E-state index is 0.518. The molecule has 1 aliphatic carbocycles. The van der Waals surface area contributed by atoms with Crippen molar-refractivity contribution in [2.75, 3.05) is 0 Å². The van der Waals surface area contributed by atoms with Crippen molar-refractivity contribution in [3.8, 4) is 22.3 Å². The lowest BCUT2D eigenvalue weighted by Gasteiger charge is -2.13. The first kappa shape index (κ1) is 31.8. The highest BCUT2D eigenvalue weighted by molar-refractivity contribution is 6.33. The van der Waals surface area contributed by atoms with Gasteiger partial charge in [0, 0.05) is 21.9 Å². The summed E-state index contributed by atoms with van der Waals surface area (Å²) in [5, 5.41) is 7.19. The van der Waals surface area contributed by atoms with E-state index in [1.807, 2.05) is 18.2 Å². The van der Waals surface area contributed by atoms with Crippen LogP contribution in [-0.4, -0.2) is 18.4 Å². The highest BCUT2D eigenvalue weighted by Crippen LogP contribution is 2.45. The van der Waals surface area contributed by atoms with Crippen LogP contribution in [0.25, 0.3) is 71.8 Å². The number of nitrogens with zero attached hydrogens (tertiary/aromatic N) is 3. The second kappa shape index (κ2) is 13.3. The third-order valence-electron chi connectivity index (χ3n) is 10.7. The summed E-state index contributed by atoms with van der Waals surface area (Å²) in [7, 11) is 0. The lowest BCUT2D eigenvalue weighted by atomic mass is 9.90. The van der Waals surface area contributed by atoms with E-state index in [9.17, 15) is 0 Å². The number of allylic oxidation sites excluding steroid dienone is 1. The van der Waals surface area contributed by atoms with Gasteiger partial charge in [-0.3, -0.25) is 4.99 Å². The molecule has 256 valence electrons. The van der Waals surface area contributed by atoms with Gasteiger partial charge in [0.25, 0.3) is 0 Å². The Hall–Kier alpha value is -6.91. The number of furan rings is 1. The standard InChI is InChI=1S/C50H35N3O/c1-51-49(53-50(52-31-32-11-4-2-5-12-32)39-24-21-34-15-8-9-16-37(34)27-39)36-22-19-35(20-23-36)38-25-26-41-43(28-38)42-17-10-18-45-47(42)48-44(41)29-40(30-46(48)54-45)33-13-6-3-7-14-33/h2-7,9-14,16-30H,1,8,15,31H2. The molecule has 0 atom stereocenters. The molecule has 0 saturated carbocycles. The highest BCUT2D eigenvalue weighted by atomic mass is 16.3. The van der Waals surface area contributed by atoms with Gasteiger partial charge in [0.2, 0.25) is 0 Å². The lowest BCUT2D eigenvalue weighted by molar-refractivity contribution is 0.669. The van der Waals surface area contributed by atoms with Crippen LogP contribution < -0.4 is 0 Å². The van der Waals surface area contributed by atoms with Gasteiger partial charge in [0.05, 0.1) is 6.54 Å². The molecule has 9 aromatic rings. The number of hydrogen-bond acceptors (Lipinski definition) is 2. The quantitative estimate of drug-likeness (QED) is 0.0971. The number of aliphatic imine (C=N–C) groups is 3. The number of rotatable bonds is 6. The molecule has 0 fully saturated rings. The Labute approximate surface area is 313 Å². The molecule has 1 aliphatic rings. The molecule has 0 bridgehead atoms. The van der Waals surface area contributed by atoms with Crippen molar-refractivity contribution in [2.24, 2.45) is 15.0 Å². The zero-order valence-corrected chi connectivity index (χ0v) is 29.7. The maximum Gasteiger partial charge on any atom is 0.161 e. The minimum atomic E-state index is 0.518. The summed E-state index contributed by atoms with van der Waals surface area (Å²) in [5.74, 6) is 1.17. The molecule has 4 heteroatoms. The fourth-order valence-electron chi connectivity index (χ4n) is 7.97. The first-order valence-corrected chi connectivity index (χ1v) is 18.4. The minimum Gasteiger partial charge on any atom is -0.456 e. The number of amidine groups is 2. The molecular weight excluding hydrogens is 659 g/mol. The molecule has 10 rings (SSSR count). The number of hydrogen-bond donors (Lipinski definition) is 0. The average Bonchev–Trinajstić information content (AvgIpc) is 3.63. The van der Waals surface area contributed by atoms with Gasteiger partial charge in [0.1, 0.15) is 11.2 Å². The van der Waals surface area contributed by atoms with Crippen LogP contribution in [0.5, 0.6) is 0 Å². The van der Waals surface area contributed by atoms with Gasteiger partial charge in [-0.05, 0) is 110 Å². The molecule has 1 aromatic heterocycles. The van der Waals surface area contributed by atoms with Crippen molar-refractivity contribution >= 4 is 67.9 Å². The van der Waals surface area contributed by atoms with E-state index in [-0.39, 0.29) is 0 Å². The maximum atomic E-state index is 6.49. The van der Waals surface area contributed by atoms with Crippen molar-refractivity contribution in [1.29, 1.82) is 0 Å². The first-order valence-electron chi connectivity index (χ1n) is 18.4. The summed E-state index contributed by atoms with van der Waals surface area (Å²) in [6.07, 6.45) is 6.55. The Bertz CT molecular complexity index is 2950. The first-order chi connectivity index (χ1) is 26.7. The smallest absolute Gasteiger partial charge is 0.161 e. The van der Waals surface area contributed by atoms with Crippen molar-refractivity contribution < 1.29 is 4.42 Å². The second-order valence-electron chi connectivity index (χ2n) is 14.0. The van der Waals surface area contributed by atoms with Gasteiger partial charge in [-0.25, -0.2) is 9.98 Å². The molecule has 0 spiro atoms. The molecule has 0 radical (unpaired) electrons. The van der Waals surface area contributed by atoms with Gasteiger partial charge < -0.3 is 4.42 Å². The van der Waals surface area contributed by atoms with Crippen LogP contribution in [0.3, 0.4) is 0 Å². The normalized spacial score (nSPS) is 13.3. The van der Waals surface area contributed by atoms with Crippen molar-refractivity contribution in [2.45, 2.75) is 19.4 Å². The Kier molecular flexibility index (Phi) is 7.80. The zero-order valence-electron chi connectivity index (χ0n) is 29.7. The van der Waals surface area contributed by atoms with E-state index in [2.05, 4.69) is 157 Å². The van der Waals surface area contributed by atoms with Gasteiger partial charge in [-0.15, -0.1) is 0 Å². The van der Waals surface area contributed by atoms with E-state index in [1.54, 1.807) is 0 Å². The predicted molar refractivity (Wildman–Crippen MR) is 227 cm³/mol. The maximum absolute atomic E-state index is 6.49. The van der Waals surface area contributed by atoms with Gasteiger partial charge >= 0.3 is 0 Å². The molecular formula is C50H35N3O. The SMILES string of the molecule is C=NC(=NC(=NCc1ccccc1)c1ccc2c(c1)C=CCC2)c1ccc(-c2ccc3c(c2)c2cccc4oc5cc(-c6ccccc6)cc3c5c42)cc1. The van der Waals surface area contributed by atoms with Gasteiger partial charge in [-0.2, -0.15) is 0 Å². The van der Waals surface area contributed by atoms with Crippen LogP contribution in [0.1, 0.15) is 34.2 Å². The molecule has 54 heavy (non-hydrogen) atoms. The molecule has 0 unspecified atom stereocenters. The third-order valence-corrected chi connectivity index (χ3v) is 10.7. The van der Waals surface area contributed by atoms with Gasteiger partial charge in [-0.1, -0.05) is 133 Å². The van der Waals surface area contributed by atoms with Crippen LogP contribution in [0.15, 0.2) is 177 Å². The van der Waals surface area contributed by atoms with Crippen molar-refractivity contribution in [3.63, 3.8) is 0 Å². The van der Waals surface area contributed by atoms with Crippen molar-refractivity contribution in [1.82, 2.24) is 0 Å². The van der Waals surface area contributed by atoms with E-state index >= 15 is 0 Å². The molecule has 1 heterocycles. The fourth-order valence-corrected chi connectivity index (χ4v) is 7.97. The molecule has 8 aromatic carbocycles. The van der Waals surface area contributed by atoms with E-state index in [0.29, 0.717) is 18.2 Å². The number of aryl methyl sites for hydroxylation is 1. The Morgan fingerprint density at radius 3 is 2.13 bits per heavy atom. The van der Waals surface area contributed by atoms with Crippen LogP contribution in [-0.2, 0) is 13.0 Å². The van der Waals surface area contributed by atoms with E-state index in [0.717, 1.165) is 57.4 Å². The lowest BCUT2D eigenvalue weighted by Crippen LogP contribution is -2.07. The summed E-state index contributed by atoms with van der Waals surface area (Å²) < 4.78 is 6.49. The number of fused-ring (bicyclic) bond motifs is 4. The molecule has 0 aliphatic heterocycles. The monoisotopic (exact) mass is 693 g/mol. The summed E-state index contributed by atoms with van der Waals surface area (Å²) in [6, 6.07) is 53.4. The predicted octanol–water partition coefficient (Wildman–Crippen LogP) is 12.7. The second-order valence-corrected chi connectivity index (χ2v) is 14.0. The summed E-state index contributed by atoms with van der Waals surface area (Å²) in [4.78, 5) is 14.5. The van der Waals surface area contributed by atoms with E-state index in [1.165, 1.54) is 49.0 Å². The van der Waals surface area contributed by atoms with E-state index in [4.69, 9.17) is 14.4 Å². The highest BCUT2D eigenvalue weighted by Gasteiger charge is 2.19. The summed E-state index contributed by atoms with van der Waals surface area (Å²) in [5.41, 5.74) is 11.9. The molecule has 0 saturated heterocycles. The zero-order chi connectivity index (χ0) is 36.0. The Balaban J connectivity index is 1.04. The van der Waals surface area contributed by atoms with Crippen LogP contribution in [0.2, 0.25) is 0 Å². The average molecular weight is 694 g/mol. The Morgan fingerprint density at radius 1 is 0.556 bits per heavy atom. The fraction of sp³-hybridized carbons (Fsp3) is 0.0600. The third kappa shape index (κ3) is 5.60.